The molecule has 0 aromatic carbocycles. The summed E-state index contributed by atoms with van der Waals surface area (Å²) in [6.07, 6.45) is 4.36. The van der Waals surface area contributed by atoms with Crippen LogP contribution in [0.15, 0.2) is 24.7 Å². The molecule has 0 spiro atoms. The Labute approximate surface area is 61.6 Å². The van der Waals surface area contributed by atoms with Gasteiger partial charge in [0.05, 0.1) is 0 Å². The molecule has 1 heterocycles. The fourth-order valence-electron chi connectivity index (χ4n) is 0.537. The molecule has 3 nitrogen and oxygen atoms in total. The lowest BCUT2D eigenvalue weighted by Crippen LogP contribution is -2.09. The third-order valence-electron chi connectivity index (χ3n) is 0.834. The summed E-state index contributed by atoms with van der Waals surface area (Å²) in [6.45, 7) is 4.12. The third-order valence-corrected chi connectivity index (χ3v) is 1.54. The first kappa shape index (κ1) is 7.21. The van der Waals surface area contributed by atoms with Crippen molar-refractivity contribution in [2.75, 3.05) is 0 Å². The molecule has 0 aliphatic carbocycles. The Bertz CT molecular complexity index is 162. The maximum atomic E-state index is 5.29. The van der Waals surface area contributed by atoms with E-state index in [0.717, 1.165) is 0 Å². The first-order valence-corrected chi connectivity index (χ1v) is 5.91. The smallest absolute Gasteiger partial charge is 0.307 e. The Hall–Kier alpha value is -0.903. The van der Waals surface area contributed by atoms with E-state index < -0.39 is 9.04 Å². The fraction of sp³-hybridized carbons (Fsp3) is 0.333. The molecule has 56 valence electrons. The molecule has 0 saturated carbocycles. The lowest BCUT2D eigenvalue weighted by Gasteiger charge is -2.13. The highest BCUT2D eigenvalue weighted by atomic mass is 28.3. The second kappa shape index (κ2) is 3.31. The van der Waals surface area contributed by atoms with Crippen molar-refractivity contribution in [2.45, 2.75) is 13.1 Å². The summed E-state index contributed by atoms with van der Waals surface area (Å²) in [5.41, 5.74) is 0. The van der Waals surface area contributed by atoms with Gasteiger partial charge in [0.1, 0.15) is 12.5 Å². The van der Waals surface area contributed by atoms with Crippen molar-refractivity contribution >= 4 is 9.04 Å². The second-order valence-electron chi connectivity index (χ2n) is 2.13. The predicted molar refractivity (Wildman–Crippen MR) is 39.4 cm³/mol. The molecule has 1 rings (SSSR count). The molecule has 0 fully saturated rings. The first-order chi connectivity index (χ1) is 4.79. The highest BCUT2D eigenvalue weighted by Crippen LogP contribution is 2.07. The molecule has 0 aromatic heterocycles. The maximum Gasteiger partial charge on any atom is 0.307 e. The maximum absolute atomic E-state index is 5.29. The molecular formula is C6H10O3Si. The zero-order chi connectivity index (χ0) is 7.40. The van der Waals surface area contributed by atoms with Crippen molar-refractivity contribution < 1.29 is 13.9 Å². The molecule has 0 aromatic rings. The van der Waals surface area contributed by atoms with Gasteiger partial charge in [-0.25, -0.2) is 0 Å². The van der Waals surface area contributed by atoms with Gasteiger partial charge < -0.3 is 13.9 Å². The summed E-state index contributed by atoms with van der Waals surface area (Å²) in [5, 5.41) is 0. The molecule has 1 aliphatic heterocycles. The topological polar surface area (TPSA) is 27.7 Å². The highest BCUT2D eigenvalue weighted by molar-refractivity contribution is 6.48. The van der Waals surface area contributed by atoms with Gasteiger partial charge >= 0.3 is 5.95 Å². The van der Waals surface area contributed by atoms with Crippen LogP contribution in [0, 0.1) is 0 Å². The van der Waals surface area contributed by atoms with Crippen molar-refractivity contribution in [3.8, 4) is 0 Å². The normalized spacial score (nSPS) is 15.7. The molecule has 10 heavy (non-hydrogen) atoms. The summed E-state index contributed by atoms with van der Waals surface area (Å²) in [5.74, 6) is 0.462. The Morgan fingerprint density at radius 2 is 2.20 bits per heavy atom. The van der Waals surface area contributed by atoms with Gasteiger partial charge in [0.15, 0.2) is 6.26 Å². The second-order valence-corrected chi connectivity index (χ2v) is 4.46. The molecule has 0 unspecified atom stereocenters. The Kier molecular flexibility index (Phi) is 2.39. The van der Waals surface area contributed by atoms with Crippen molar-refractivity contribution in [3.05, 3.63) is 24.7 Å². The lowest BCUT2D eigenvalue weighted by molar-refractivity contribution is 0.141. The van der Waals surface area contributed by atoms with E-state index >= 15 is 0 Å². The number of ether oxygens (including phenoxy) is 2. The predicted octanol–water partition coefficient (Wildman–Crippen LogP) is 1.30. The van der Waals surface area contributed by atoms with E-state index in [9.17, 15) is 0 Å². The number of hydrogen-bond donors (Lipinski definition) is 0. The Morgan fingerprint density at radius 3 is 2.70 bits per heavy atom. The largest absolute Gasteiger partial charge is 0.520 e. The third kappa shape index (κ3) is 2.14. The van der Waals surface area contributed by atoms with Crippen LogP contribution in [0.25, 0.3) is 0 Å². The summed E-state index contributed by atoms with van der Waals surface area (Å²) < 4.78 is 15.1. The SMILES string of the molecule is C[SiH](C)OC1=COC=CO1. The van der Waals surface area contributed by atoms with E-state index in [1.54, 1.807) is 0 Å². The van der Waals surface area contributed by atoms with Gasteiger partial charge in [0.2, 0.25) is 9.04 Å². The van der Waals surface area contributed by atoms with Crippen LogP contribution in [0.1, 0.15) is 0 Å². The molecule has 0 N–H and O–H groups in total. The monoisotopic (exact) mass is 158 g/mol. The van der Waals surface area contributed by atoms with Gasteiger partial charge in [-0.2, -0.15) is 0 Å². The standard InChI is InChI=1S/C6H10O3Si/c1-10(2)9-6-5-7-3-4-8-6/h3-5,10H,1-2H3. The van der Waals surface area contributed by atoms with Crippen LogP contribution in [0.2, 0.25) is 13.1 Å². The fourth-order valence-corrected chi connectivity index (χ4v) is 1.11. The molecule has 0 radical (unpaired) electrons. The van der Waals surface area contributed by atoms with Gasteiger partial charge in [0.25, 0.3) is 0 Å². The van der Waals surface area contributed by atoms with Crippen LogP contribution in [0.3, 0.4) is 0 Å². The van der Waals surface area contributed by atoms with E-state index in [1.165, 1.54) is 18.8 Å². The summed E-state index contributed by atoms with van der Waals surface area (Å²) in [4.78, 5) is 0. The zero-order valence-corrected chi connectivity index (χ0v) is 7.19. The molecular weight excluding hydrogens is 148 g/mol. The van der Waals surface area contributed by atoms with Crippen molar-refractivity contribution in [3.63, 3.8) is 0 Å². The average Bonchev–Trinajstić information content (AvgIpc) is 1.88. The van der Waals surface area contributed by atoms with Crippen molar-refractivity contribution in [1.29, 1.82) is 0 Å². The minimum Gasteiger partial charge on any atom is -0.520 e. The summed E-state index contributed by atoms with van der Waals surface area (Å²) in [7, 11) is -1.05. The zero-order valence-electron chi connectivity index (χ0n) is 6.03. The highest BCUT2D eigenvalue weighted by Gasteiger charge is 2.04. The van der Waals surface area contributed by atoms with Crippen LogP contribution in [-0.4, -0.2) is 9.04 Å². The van der Waals surface area contributed by atoms with Gasteiger partial charge in [-0.15, -0.1) is 0 Å². The van der Waals surface area contributed by atoms with Crippen LogP contribution >= 0.6 is 0 Å². The average molecular weight is 158 g/mol. The molecule has 0 saturated heterocycles. The van der Waals surface area contributed by atoms with Crippen molar-refractivity contribution in [1.82, 2.24) is 0 Å². The van der Waals surface area contributed by atoms with E-state index in [-0.39, 0.29) is 0 Å². The summed E-state index contributed by atoms with van der Waals surface area (Å²) >= 11 is 0. The van der Waals surface area contributed by atoms with Gasteiger partial charge in [-0.1, -0.05) is 0 Å². The lowest BCUT2D eigenvalue weighted by atomic mass is 10.9. The van der Waals surface area contributed by atoms with Gasteiger partial charge in [0, 0.05) is 0 Å². The molecule has 0 bridgehead atoms. The molecule has 4 heteroatoms. The summed E-state index contributed by atoms with van der Waals surface area (Å²) in [6, 6.07) is 0. The van der Waals surface area contributed by atoms with Gasteiger partial charge in [-0.3, -0.25) is 0 Å². The first-order valence-electron chi connectivity index (χ1n) is 3.13. The minimum atomic E-state index is -1.05. The number of hydrogen-bond acceptors (Lipinski definition) is 3. The molecule has 0 amide bonds. The molecule has 0 atom stereocenters. The van der Waals surface area contributed by atoms with Crippen LogP contribution < -0.4 is 0 Å². The van der Waals surface area contributed by atoms with E-state index in [1.807, 2.05) is 0 Å². The minimum absolute atomic E-state index is 0.462. The van der Waals surface area contributed by atoms with Gasteiger partial charge in [-0.05, 0) is 13.1 Å². The van der Waals surface area contributed by atoms with Crippen LogP contribution in [-0.2, 0) is 13.9 Å². The quantitative estimate of drug-likeness (QED) is 0.567. The van der Waals surface area contributed by atoms with Crippen LogP contribution in [0.4, 0.5) is 0 Å². The Balaban J connectivity index is 2.34. The van der Waals surface area contributed by atoms with Crippen molar-refractivity contribution in [2.24, 2.45) is 0 Å². The van der Waals surface area contributed by atoms with E-state index in [2.05, 4.69) is 13.1 Å². The van der Waals surface area contributed by atoms with Crippen LogP contribution in [0.5, 0.6) is 0 Å². The Morgan fingerprint density at radius 1 is 1.40 bits per heavy atom. The number of rotatable bonds is 2. The molecule has 1 aliphatic rings. The van der Waals surface area contributed by atoms with E-state index in [4.69, 9.17) is 13.9 Å². The van der Waals surface area contributed by atoms with E-state index in [0.29, 0.717) is 5.95 Å².